The second-order valence-electron chi connectivity index (χ2n) is 8.79. The molecule has 0 radical (unpaired) electrons. The van der Waals surface area contributed by atoms with Gasteiger partial charge in [-0.2, -0.15) is 0 Å². The van der Waals surface area contributed by atoms with Crippen molar-refractivity contribution >= 4 is 23.4 Å². The molecule has 8 heteroatoms. The summed E-state index contributed by atoms with van der Waals surface area (Å²) in [6, 6.07) is 18.5. The number of hydrogen-bond acceptors (Lipinski definition) is 6. The van der Waals surface area contributed by atoms with Crippen LogP contribution in [0, 0.1) is 6.92 Å². The lowest BCUT2D eigenvalue weighted by molar-refractivity contribution is -0.122. The third-order valence-electron chi connectivity index (χ3n) is 6.48. The van der Waals surface area contributed by atoms with Gasteiger partial charge < -0.3 is 19.1 Å². The lowest BCUT2D eigenvalue weighted by Crippen LogP contribution is -2.46. The molecule has 1 aliphatic rings. The molecule has 1 aliphatic heterocycles. The second-order valence-corrected chi connectivity index (χ2v) is 8.79. The van der Waals surface area contributed by atoms with Gasteiger partial charge in [0.05, 0.1) is 33.4 Å². The van der Waals surface area contributed by atoms with Crippen LogP contribution in [0.3, 0.4) is 0 Å². The van der Waals surface area contributed by atoms with Crippen molar-refractivity contribution in [2.75, 3.05) is 32.8 Å². The van der Waals surface area contributed by atoms with Crippen LogP contribution in [0.25, 0.3) is 0 Å². The lowest BCUT2D eigenvalue weighted by atomic mass is 10.1. The van der Waals surface area contributed by atoms with E-state index in [-0.39, 0.29) is 24.8 Å². The number of imide groups is 1. The minimum absolute atomic E-state index is 0.0889. The van der Waals surface area contributed by atoms with Crippen LogP contribution in [0.1, 0.15) is 27.9 Å². The van der Waals surface area contributed by atoms with Gasteiger partial charge >= 0.3 is 0 Å². The van der Waals surface area contributed by atoms with Crippen LogP contribution in [-0.2, 0) is 16.0 Å². The molecule has 1 saturated heterocycles. The van der Waals surface area contributed by atoms with Crippen molar-refractivity contribution in [3.05, 3.63) is 83.4 Å². The van der Waals surface area contributed by atoms with Crippen LogP contribution in [0.5, 0.6) is 17.2 Å². The number of aryl methyl sites for hydroxylation is 1. The van der Waals surface area contributed by atoms with Gasteiger partial charge in [0.2, 0.25) is 5.91 Å². The van der Waals surface area contributed by atoms with Crippen LogP contribution >= 0.6 is 0 Å². The normalized spacial score (nSPS) is 15.0. The number of carbonyl (C=O) groups is 3. The molecular weight excluding hydrogens is 472 g/mol. The summed E-state index contributed by atoms with van der Waals surface area (Å²) in [4.78, 5) is 42.8. The molecule has 1 atom stereocenters. The Hall–Kier alpha value is -4.33. The summed E-state index contributed by atoms with van der Waals surface area (Å²) in [6.45, 7) is 2.18. The van der Waals surface area contributed by atoms with Gasteiger partial charge in [-0.3, -0.25) is 14.4 Å². The molecule has 0 aromatic heterocycles. The van der Waals surface area contributed by atoms with Crippen molar-refractivity contribution in [1.82, 2.24) is 4.90 Å². The highest BCUT2D eigenvalue weighted by Crippen LogP contribution is 2.30. The fraction of sp³-hybridized carbons (Fsp3) is 0.276. The zero-order valence-electron chi connectivity index (χ0n) is 21.4. The molecule has 3 aromatic carbocycles. The summed E-state index contributed by atoms with van der Waals surface area (Å²) in [7, 11) is 4.67. The molecule has 0 spiro atoms. The van der Waals surface area contributed by atoms with Crippen molar-refractivity contribution in [1.29, 1.82) is 0 Å². The van der Waals surface area contributed by atoms with Gasteiger partial charge in [-0.15, -0.1) is 0 Å². The standard InChI is InChI=1S/C29H30N2O6/c1-19-5-8-21(9-6-19)28(33)30(16-15-20-7-14-25(36-3)26(17-20)37-4)24-18-27(32)31(29(24)34)22-10-12-23(35-2)13-11-22/h5-14,17,24H,15-16,18H2,1-4H3. The zero-order valence-corrected chi connectivity index (χ0v) is 21.4. The summed E-state index contributed by atoms with van der Waals surface area (Å²) in [5, 5.41) is 0. The Morgan fingerprint density at radius 1 is 0.892 bits per heavy atom. The van der Waals surface area contributed by atoms with Crippen molar-refractivity contribution in [3.8, 4) is 17.2 Å². The van der Waals surface area contributed by atoms with E-state index in [0.717, 1.165) is 16.0 Å². The molecule has 0 aliphatic carbocycles. The van der Waals surface area contributed by atoms with E-state index in [1.165, 1.54) is 4.90 Å². The number of amides is 3. The summed E-state index contributed by atoms with van der Waals surface area (Å²) < 4.78 is 15.9. The zero-order chi connectivity index (χ0) is 26.5. The Balaban J connectivity index is 1.63. The molecule has 192 valence electrons. The van der Waals surface area contributed by atoms with Gasteiger partial charge in [-0.1, -0.05) is 23.8 Å². The van der Waals surface area contributed by atoms with Crippen LogP contribution < -0.4 is 19.1 Å². The number of benzene rings is 3. The van der Waals surface area contributed by atoms with Gasteiger partial charge in [0.1, 0.15) is 11.8 Å². The summed E-state index contributed by atoms with van der Waals surface area (Å²) in [5.74, 6) is 0.712. The highest BCUT2D eigenvalue weighted by atomic mass is 16.5. The lowest BCUT2D eigenvalue weighted by Gasteiger charge is -2.28. The first kappa shape index (κ1) is 25.8. The average Bonchev–Trinajstić information content (AvgIpc) is 3.22. The second kappa shape index (κ2) is 11.2. The number of ether oxygens (including phenoxy) is 3. The minimum atomic E-state index is -0.913. The Morgan fingerprint density at radius 2 is 1.57 bits per heavy atom. The molecule has 3 aromatic rings. The highest BCUT2D eigenvalue weighted by Gasteiger charge is 2.44. The molecule has 1 unspecified atom stereocenters. The summed E-state index contributed by atoms with van der Waals surface area (Å²) in [6.07, 6.45) is 0.368. The third kappa shape index (κ3) is 5.43. The molecule has 37 heavy (non-hydrogen) atoms. The average molecular weight is 503 g/mol. The first-order valence-corrected chi connectivity index (χ1v) is 12.0. The van der Waals surface area contributed by atoms with Crippen molar-refractivity contribution < 1.29 is 28.6 Å². The molecule has 1 fully saturated rings. The fourth-order valence-electron chi connectivity index (χ4n) is 4.41. The molecule has 0 bridgehead atoms. The summed E-state index contributed by atoms with van der Waals surface area (Å²) >= 11 is 0. The molecule has 3 amide bonds. The number of rotatable bonds is 9. The van der Waals surface area contributed by atoms with Gasteiger partial charge in [-0.25, -0.2) is 4.90 Å². The van der Waals surface area contributed by atoms with E-state index >= 15 is 0 Å². The molecule has 0 saturated carbocycles. The smallest absolute Gasteiger partial charge is 0.257 e. The van der Waals surface area contributed by atoms with Crippen molar-refractivity contribution in [2.45, 2.75) is 25.8 Å². The number of hydrogen-bond donors (Lipinski definition) is 0. The van der Waals surface area contributed by atoms with Gasteiger partial charge in [-0.05, 0) is 67.4 Å². The van der Waals surface area contributed by atoms with Gasteiger partial charge in [0.15, 0.2) is 11.5 Å². The van der Waals surface area contributed by atoms with E-state index < -0.39 is 11.9 Å². The largest absolute Gasteiger partial charge is 0.497 e. The maximum Gasteiger partial charge on any atom is 0.257 e. The predicted molar refractivity (Wildman–Crippen MR) is 139 cm³/mol. The Kier molecular flexibility index (Phi) is 7.77. The molecule has 1 heterocycles. The number of carbonyl (C=O) groups excluding carboxylic acids is 3. The van der Waals surface area contributed by atoms with Crippen LogP contribution in [-0.4, -0.2) is 56.5 Å². The predicted octanol–water partition coefficient (Wildman–Crippen LogP) is 4.04. The van der Waals surface area contributed by atoms with E-state index in [1.54, 1.807) is 63.8 Å². The van der Waals surface area contributed by atoms with Crippen molar-refractivity contribution in [3.63, 3.8) is 0 Å². The number of anilines is 1. The van der Waals surface area contributed by atoms with E-state index in [0.29, 0.717) is 34.9 Å². The summed E-state index contributed by atoms with van der Waals surface area (Å²) in [5.41, 5.74) is 2.83. The molecule has 8 nitrogen and oxygen atoms in total. The van der Waals surface area contributed by atoms with E-state index in [1.807, 2.05) is 31.2 Å². The Bertz CT molecular complexity index is 1290. The minimum Gasteiger partial charge on any atom is -0.497 e. The van der Waals surface area contributed by atoms with Crippen LogP contribution in [0.2, 0.25) is 0 Å². The van der Waals surface area contributed by atoms with Crippen molar-refractivity contribution in [2.24, 2.45) is 0 Å². The third-order valence-corrected chi connectivity index (χ3v) is 6.48. The fourth-order valence-corrected chi connectivity index (χ4v) is 4.41. The topological polar surface area (TPSA) is 85.4 Å². The first-order valence-electron chi connectivity index (χ1n) is 12.0. The first-order chi connectivity index (χ1) is 17.9. The molecular formula is C29H30N2O6. The number of methoxy groups -OCH3 is 3. The quantitative estimate of drug-likeness (QED) is 0.411. The van der Waals surface area contributed by atoms with Gasteiger partial charge in [0.25, 0.3) is 11.8 Å². The maximum atomic E-state index is 13.6. The number of nitrogens with zero attached hydrogens (tertiary/aromatic N) is 2. The molecule has 0 N–H and O–H groups in total. The Morgan fingerprint density at radius 3 is 2.19 bits per heavy atom. The SMILES string of the molecule is COc1ccc(N2C(=O)CC(N(CCc3ccc(OC)c(OC)c3)C(=O)c3ccc(C)cc3)C2=O)cc1. The van der Waals surface area contributed by atoms with Crippen LogP contribution in [0.15, 0.2) is 66.7 Å². The Labute approximate surface area is 216 Å². The van der Waals surface area contributed by atoms with Crippen LogP contribution in [0.4, 0.5) is 5.69 Å². The highest BCUT2D eigenvalue weighted by molar-refractivity contribution is 6.23. The molecule has 4 rings (SSSR count). The maximum absolute atomic E-state index is 13.6. The van der Waals surface area contributed by atoms with E-state index in [2.05, 4.69) is 0 Å². The monoisotopic (exact) mass is 502 g/mol. The van der Waals surface area contributed by atoms with E-state index in [4.69, 9.17) is 14.2 Å². The van der Waals surface area contributed by atoms with E-state index in [9.17, 15) is 14.4 Å². The van der Waals surface area contributed by atoms with Gasteiger partial charge in [0, 0.05) is 12.1 Å².